The lowest BCUT2D eigenvalue weighted by Gasteiger charge is -2.00. The molecule has 0 atom stereocenters. The molecule has 2 aromatic rings. The van der Waals surface area contributed by atoms with Crippen LogP contribution in [0.3, 0.4) is 0 Å². The van der Waals surface area contributed by atoms with Gasteiger partial charge in [-0.15, -0.1) is 11.3 Å². The number of halogens is 1. The number of carbonyl (C=O) groups is 1. The molecule has 15 heavy (non-hydrogen) atoms. The molecule has 0 aliphatic carbocycles. The molecule has 0 aliphatic rings. The van der Waals surface area contributed by atoms with Gasteiger partial charge in [0.15, 0.2) is 6.29 Å². The molecule has 4 heteroatoms. The Kier molecular flexibility index (Phi) is 2.75. The van der Waals surface area contributed by atoms with Crippen LogP contribution in [0, 0.1) is 0 Å². The highest BCUT2D eigenvalue weighted by Crippen LogP contribution is 2.31. The molecule has 1 aromatic carbocycles. The number of aromatic hydroxyl groups is 1. The minimum atomic E-state index is 0.0491. The molecule has 0 saturated carbocycles. The van der Waals surface area contributed by atoms with E-state index in [2.05, 4.69) is 0 Å². The number of hydrogen-bond acceptors (Lipinski definition) is 3. The van der Waals surface area contributed by atoms with Crippen molar-refractivity contribution in [2.24, 2.45) is 0 Å². The summed E-state index contributed by atoms with van der Waals surface area (Å²) in [5.41, 5.74) is 1.76. The monoisotopic (exact) mass is 238 g/mol. The molecule has 2 rings (SSSR count). The van der Waals surface area contributed by atoms with Crippen molar-refractivity contribution in [2.45, 2.75) is 0 Å². The van der Waals surface area contributed by atoms with Gasteiger partial charge in [0.2, 0.25) is 0 Å². The molecule has 0 amide bonds. The summed E-state index contributed by atoms with van der Waals surface area (Å²) in [5, 5.41) is 11.6. The van der Waals surface area contributed by atoms with Crippen LogP contribution in [-0.4, -0.2) is 11.4 Å². The summed E-state index contributed by atoms with van der Waals surface area (Å²) in [4.78, 5) is 11.2. The summed E-state index contributed by atoms with van der Waals surface area (Å²) in [5.74, 6) is 0.0491. The summed E-state index contributed by atoms with van der Waals surface area (Å²) in [6.07, 6.45) is 0.809. The number of carbonyl (C=O) groups excluding carboxylic acids is 1. The number of aldehydes is 1. The quantitative estimate of drug-likeness (QED) is 0.812. The van der Waals surface area contributed by atoms with Crippen molar-refractivity contribution in [1.29, 1.82) is 0 Å². The average molecular weight is 239 g/mol. The molecule has 0 bridgehead atoms. The Labute approximate surface area is 95.8 Å². The molecule has 1 heterocycles. The van der Waals surface area contributed by atoms with Crippen molar-refractivity contribution < 1.29 is 9.90 Å². The third-order valence-corrected chi connectivity index (χ3v) is 3.19. The second-order valence-electron chi connectivity index (χ2n) is 3.02. The minimum absolute atomic E-state index is 0.0491. The van der Waals surface area contributed by atoms with E-state index < -0.39 is 0 Å². The molecule has 1 aromatic heterocycles. The van der Waals surface area contributed by atoms with Crippen LogP contribution in [0.25, 0.3) is 11.1 Å². The Morgan fingerprint density at radius 3 is 2.67 bits per heavy atom. The van der Waals surface area contributed by atoms with Crippen molar-refractivity contribution in [3.63, 3.8) is 0 Å². The van der Waals surface area contributed by atoms with Gasteiger partial charge in [0.25, 0.3) is 0 Å². The van der Waals surface area contributed by atoms with E-state index in [1.807, 2.05) is 5.38 Å². The summed E-state index contributed by atoms with van der Waals surface area (Å²) >= 11 is 7.07. The lowest BCUT2D eigenvalue weighted by molar-refractivity contribution is 0.112. The highest BCUT2D eigenvalue weighted by molar-refractivity contribution is 7.12. The maximum atomic E-state index is 10.5. The SMILES string of the molecule is O=Cc1cc(-c2ccc(Cl)c(O)c2)cs1. The number of benzene rings is 1. The second kappa shape index (κ2) is 4.04. The Hall–Kier alpha value is -1.32. The van der Waals surface area contributed by atoms with E-state index >= 15 is 0 Å². The molecular weight excluding hydrogens is 232 g/mol. The van der Waals surface area contributed by atoms with Gasteiger partial charge in [-0.2, -0.15) is 0 Å². The van der Waals surface area contributed by atoms with Crippen molar-refractivity contribution in [3.05, 3.63) is 39.5 Å². The van der Waals surface area contributed by atoms with E-state index in [0.29, 0.717) is 9.90 Å². The zero-order chi connectivity index (χ0) is 10.8. The molecule has 0 unspecified atom stereocenters. The third-order valence-electron chi connectivity index (χ3n) is 2.02. The zero-order valence-electron chi connectivity index (χ0n) is 7.61. The maximum absolute atomic E-state index is 10.5. The van der Waals surface area contributed by atoms with Gasteiger partial charge < -0.3 is 5.11 Å². The van der Waals surface area contributed by atoms with Crippen LogP contribution in [0.4, 0.5) is 0 Å². The normalized spacial score (nSPS) is 10.2. The second-order valence-corrected chi connectivity index (χ2v) is 4.37. The predicted molar refractivity (Wildman–Crippen MR) is 61.8 cm³/mol. The van der Waals surface area contributed by atoms with Gasteiger partial charge in [-0.05, 0) is 34.7 Å². The van der Waals surface area contributed by atoms with Gasteiger partial charge in [0.1, 0.15) is 5.75 Å². The summed E-state index contributed by atoms with van der Waals surface area (Å²) in [7, 11) is 0. The molecule has 0 radical (unpaired) electrons. The van der Waals surface area contributed by atoms with Crippen LogP contribution in [0.5, 0.6) is 5.75 Å². The van der Waals surface area contributed by atoms with Gasteiger partial charge in [0, 0.05) is 0 Å². The topological polar surface area (TPSA) is 37.3 Å². The first-order valence-corrected chi connectivity index (χ1v) is 5.49. The van der Waals surface area contributed by atoms with Gasteiger partial charge in [-0.3, -0.25) is 4.79 Å². The Morgan fingerprint density at radius 1 is 1.27 bits per heavy atom. The molecule has 0 saturated heterocycles. The zero-order valence-corrected chi connectivity index (χ0v) is 9.18. The fraction of sp³-hybridized carbons (Fsp3) is 0. The first-order valence-electron chi connectivity index (χ1n) is 4.23. The fourth-order valence-electron chi connectivity index (χ4n) is 1.26. The Balaban J connectivity index is 2.44. The van der Waals surface area contributed by atoms with Crippen molar-refractivity contribution in [3.8, 4) is 16.9 Å². The summed E-state index contributed by atoms with van der Waals surface area (Å²) in [6, 6.07) is 6.79. The standard InChI is InChI=1S/C11H7ClO2S/c12-10-2-1-7(4-11(10)14)8-3-9(5-13)15-6-8/h1-6,14H. The van der Waals surface area contributed by atoms with Gasteiger partial charge >= 0.3 is 0 Å². The van der Waals surface area contributed by atoms with Crippen LogP contribution in [0.2, 0.25) is 5.02 Å². The number of phenolic OH excluding ortho intramolecular Hbond substituents is 1. The number of hydrogen-bond donors (Lipinski definition) is 1. The highest BCUT2D eigenvalue weighted by atomic mass is 35.5. The van der Waals surface area contributed by atoms with Crippen LogP contribution in [-0.2, 0) is 0 Å². The van der Waals surface area contributed by atoms with E-state index in [1.54, 1.807) is 24.3 Å². The van der Waals surface area contributed by atoms with Crippen LogP contribution in [0.1, 0.15) is 9.67 Å². The lowest BCUT2D eigenvalue weighted by atomic mass is 10.1. The van der Waals surface area contributed by atoms with Crippen molar-refractivity contribution in [2.75, 3.05) is 0 Å². The van der Waals surface area contributed by atoms with Crippen molar-refractivity contribution in [1.82, 2.24) is 0 Å². The number of rotatable bonds is 2. The fourth-order valence-corrected chi connectivity index (χ4v) is 2.09. The largest absolute Gasteiger partial charge is 0.506 e. The predicted octanol–water partition coefficient (Wildman–Crippen LogP) is 3.59. The van der Waals surface area contributed by atoms with E-state index in [9.17, 15) is 9.90 Å². The summed E-state index contributed by atoms with van der Waals surface area (Å²) in [6.45, 7) is 0. The van der Waals surface area contributed by atoms with E-state index in [-0.39, 0.29) is 5.75 Å². The first kappa shape index (κ1) is 10.2. The molecule has 76 valence electrons. The van der Waals surface area contributed by atoms with Crippen molar-refractivity contribution >= 4 is 29.2 Å². The highest BCUT2D eigenvalue weighted by Gasteiger charge is 2.04. The van der Waals surface area contributed by atoms with E-state index in [0.717, 1.165) is 17.4 Å². The lowest BCUT2D eigenvalue weighted by Crippen LogP contribution is -1.75. The van der Waals surface area contributed by atoms with E-state index in [1.165, 1.54) is 11.3 Å². The number of phenols is 1. The van der Waals surface area contributed by atoms with Gasteiger partial charge in [-0.25, -0.2) is 0 Å². The Bertz CT molecular complexity index is 505. The van der Waals surface area contributed by atoms with Crippen LogP contribution >= 0.6 is 22.9 Å². The molecule has 0 aliphatic heterocycles. The molecule has 0 spiro atoms. The van der Waals surface area contributed by atoms with E-state index in [4.69, 9.17) is 11.6 Å². The van der Waals surface area contributed by atoms with Crippen LogP contribution in [0.15, 0.2) is 29.6 Å². The molecule has 1 N–H and O–H groups in total. The van der Waals surface area contributed by atoms with Crippen LogP contribution < -0.4 is 0 Å². The van der Waals surface area contributed by atoms with Gasteiger partial charge in [0.05, 0.1) is 9.90 Å². The maximum Gasteiger partial charge on any atom is 0.160 e. The molecular formula is C11H7ClO2S. The smallest absolute Gasteiger partial charge is 0.160 e. The summed E-state index contributed by atoms with van der Waals surface area (Å²) < 4.78 is 0. The number of thiophene rings is 1. The van der Waals surface area contributed by atoms with Gasteiger partial charge in [-0.1, -0.05) is 17.7 Å². The third kappa shape index (κ3) is 2.03. The Morgan fingerprint density at radius 2 is 2.07 bits per heavy atom. The molecule has 2 nitrogen and oxygen atoms in total. The first-order chi connectivity index (χ1) is 7.20. The molecule has 0 fully saturated rings. The minimum Gasteiger partial charge on any atom is -0.506 e. The average Bonchev–Trinajstić information content (AvgIpc) is 2.70.